The summed E-state index contributed by atoms with van der Waals surface area (Å²) in [6.07, 6.45) is 2.96. The summed E-state index contributed by atoms with van der Waals surface area (Å²) in [5.74, 6) is 0. The molecule has 2 N–H and O–H groups in total. The van der Waals surface area contributed by atoms with Gasteiger partial charge in [-0.25, -0.2) is 0 Å². The van der Waals surface area contributed by atoms with Gasteiger partial charge in [0.2, 0.25) is 0 Å². The molecule has 8 heavy (non-hydrogen) atoms. The highest BCUT2D eigenvalue weighted by Gasteiger charge is 2.08. The van der Waals surface area contributed by atoms with Crippen LogP contribution < -0.4 is 5.73 Å². The first-order chi connectivity index (χ1) is 3.56. The minimum absolute atomic E-state index is 0.211. The average molecular weight is 114 g/mol. The second kappa shape index (κ2) is 2.82. The number of nitrogens with two attached hydrogens (primary N) is 1. The van der Waals surface area contributed by atoms with E-state index in [1.165, 1.54) is 0 Å². The predicted molar refractivity (Wildman–Crippen MR) is 33.2 cm³/mol. The Morgan fingerprint density at radius 2 is 2.12 bits per heavy atom. The first kappa shape index (κ1) is 7.63. The van der Waals surface area contributed by atoms with Crippen molar-refractivity contribution in [2.24, 2.45) is 5.73 Å². The van der Waals surface area contributed by atoms with Crippen molar-refractivity contribution in [1.82, 2.24) is 0 Å². The lowest BCUT2D eigenvalue weighted by atomic mass is 10.0. The molecule has 0 bridgehead atoms. The summed E-state index contributed by atoms with van der Waals surface area (Å²) in [4.78, 5) is 9.67. The zero-order valence-corrected chi connectivity index (χ0v) is 5.40. The highest BCUT2D eigenvalue weighted by Crippen LogP contribution is 2.04. The Bertz CT molecular complexity index is 73.1. The van der Waals surface area contributed by atoms with E-state index in [1.54, 1.807) is 6.29 Å². The highest BCUT2D eigenvalue weighted by atomic mass is 16.1. The van der Waals surface area contributed by atoms with E-state index in [1.807, 2.05) is 13.8 Å². The molecule has 47 valence electrons. The van der Waals surface area contributed by atoms with Crippen LogP contribution in [-0.4, -0.2) is 11.8 Å². The summed E-state index contributed by atoms with van der Waals surface area (Å²) in [6.45, 7) is 3.79. The summed E-state index contributed by atoms with van der Waals surface area (Å²) >= 11 is 0. The third kappa shape index (κ3) is 5.63. The quantitative estimate of drug-likeness (QED) is 0.584. The van der Waals surface area contributed by atoms with Crippen LogP contribution in [0.15, 0.2) is 0 Å². The maximum Gasteiger partial charge on any atom is 0.198 e. The fourth-order valence-electron chi connectivity index (χ4n) is 0.373. The first-order valence-corrected chi connectivity index (χ1v) is 2.70. The van der Waals surface area contributed by atoms with E-state index < -0.39 is 0 Å². The van der Waals surface area contributed by atoms with Crippen LogP contribution in [0.1, 0.15) is 26.7 Å². The van der Waals surface area contributed by atoms with Crippen molar-refractivity contribution >= 4 is 6.29 Å². The largest absolute Gasteiger partial charge is 0.326 e. The lowest BCUT2D eigenvalue weighted by Crippen LogP contribution is -2.31. The van der Waals surface area contributed by atoms with E-state index in [0.717, 1.165) is 6.42 Å². The molecule has 0 fully saturated rings. The van der Waals surface area contributed by atoms with Crippen molar-refractivity contribution in [3.63, 3.8) is 0 Å². The number of carbonyl (C=O) groups excluding carboxylic acids is 1. The lowest BCUT2D eigenvalue weighted by molar-refractivity contribution is 0.473. The zero-order chi connectivity index (χ0) is 6.62. The summed E-state index contributed by atoms with van der Waals surface area (Å²) in [7, 11) is 0. The second-order valence-corrected chi connectivity index (χ2v) is 2.63. The van der Waals surface area contributed by atoms with Gasteiger partial charge in [-0.05, 0) is 20.3 Å². The molecule has 0 saturated carbocycles. The van der Waals surface area contributed by atoms with E-state index in [4.69, 9.17) is 5.73 Å². The Kier molecular flexibility index (Phi) is 2.69. The standard InChI is InChI=1S/C6H12NO/c1-6(2,7)4-3-5-8/h3-4,7H2,1-2H3. The van der Waals surface area contributed by atoms with Gasteiger partial charge in [-0.3, -0.25) is 4.79 Å². The van der Waals surface area contributed by atoms with E-state index in [-0.39, 0.29) is 5.54 Å². The van der Waals surface area contributed by atoms with E-state index >= 15 is 0 Å². The van der Waals surface area contributed by atoms with E-state index in [2.05, 4.69) is 0 Å². The lowest BCUT2D eigenvalue weighted by Gasteiger charge is -2.15. The number of hydrogen-bond acceptors (Lipinski definition) is 2. The van der Waals surface area contributed by atoms with Gasteiger partial charge >= 0.3 is 0 Å². The minimum Gasteiger partial charge on any atom is -0.326 e. The van der Waals surface area contributed by atoms with Crippen LogP contribution in [0.5, 0.6) is 0 Å². The highest BCUT2D eigenvalue weighted by molar-refractivity contribution is 5.50. The van der Waals surface area contributed by atoms with E-state index in [9.17, 15) is 4.79 Å². The molecule has 0 heterocycles. The molecule has 0 amide bonds. The van der Waals surface area contributed by atoms with Gasteiger partial charge < -0.3 is 5.73 Å². The van der Waals surface area contributed by atoms with Crippen molar-refractivity contribution in [3.8, 4) is 0 Å². The molecule has 0 unspecified atom stereocenters. The SMILES string of the molecule is CC(C)(N)CC[C]=O. The van der Waals surface area contributed by atoms with Crippen LogP contribution in [0.3, 0.4) is 0 Å². The summed E-state index contributed by atoms with van der Waals surface area (Å²) < 4.78 is 0. The molecule has 0 rings (SSSR count). The van der Waals surface area contributed by atoms with E-state index in [0.29, 0.717) is 6.42 Å². The van der Waals surface area contributed by atoms with Gasteiger partial charge in [0.15, 0.2) is 6.29 Å². The summed E-state index contributed by atoms with van der Waals surface area (Å²) in [5.41, 5.74) is 5.33. The van der Waals surface area contributed by atoms with Crippen molar-refractivity contribution in [1.29, 1.82) is 0 Å². The molecular formula is C6H12NO. The van der Waals surface area contributed by atoms with Crippen LogP contribution in [0, 0.1) is 0 Å². The molecule has 0 aliphatic rings. The van der Waals surface area contributed by atoms with Gasteiger partial charge in [-0.1, -0.05) is 0 Å². The Hall–Kier alpha value is -0.370. The minimum atomic E-state index is -0.211. The fourth-order valence-corrected chi connectivity index (χ4v) is 0.373. The van der Waals surface area contributed by atoms with Crippen molar-refractivity contribution < 1.29 is 4.79 Å². The van der Waals surface area contributed by atoms with Gasteiger partial charge in [0, 0.05) is 12.0 Å². The van der Waals surface area contributed by atoms with Gasteiger partial charge in [0.05, 0.1) is 0 Å². The summed E-state index contributed by atoms with van der Waals surface area (Å²) in [5, 5.41) is 0. The third-order valence-electron chi connectivity index (χ3n) is 0.871. The predicted octanol–water partition coefficient (Wildman–Crippen LogP) is 0.614. The maximum atomic E-state index is 9.67. The van der Waals surface area contributed by atoms with Crippen LogP contribution in [0.2, 0.25) is 0 Å². The third-order valence-corrected chi connectivity index (χ3v) is 0.871. The Morgan fingerprint density at radius 1 is 1.62 bits per heavy atom. The molecular weight excluding hydrogens is 102 g/mol. The molecule has 0 aromatic rings. The smallest absolute Gasteiger partial charge is 0.198 e. The van der Waals surface area contributed by atoms with Crippen LogP contribution >= 0.6 is 0 Å². The van der Waals surface area contributed by atoms with Gasteiger partial charge in [-0.15, -0.1) is 0 Å². The molecule has 0 aliphatic heterocycles. The topological polar surface area (TPSA) is 43.1 Å². The molecule has 0 saturated heterocycles. The summed E-state index contributed by atoms with van der Waals surface area (Å²) in [6, 6.07) is 0. The maximum absolute atomic E-state index is 9.67. The van der Waals surface area contributed by atoms with Crippen LogP contribution in [0.25, 0.3) is 0 Å². The molecule has 0 spiro atoms. The Labute approximate surface area is 50.1 Å². The fraction of sp³-hybridized carbons (Fsp3) is 0.833. The second-order valence-electron chi connectivity index (χ2n) is 2.63. The molecule has 2 heteroatoms. The molecule has 0 aromatic carbocycles. The van der Waals surface area contributed by atoms with Crippen LogP contribution in [0.4, 0.5) is 0 Å². The molecule has 2 nitrogen and oxygen atoms in total. The number of rotatable bonds is 3. The monoisotopic (exact) mass is 114 g/mol. The average Bonchev–Trinajstić information content (AvgIpc) is 1.59. The zero-order valence-electron chi connectivity index (χ0n) is 5.40. The molecule has 0 aromatic heterocycles. The van der Waals surface area contributed by atoms with Gasteiger partial charge in [0.1, 0.15) is 0 Å². The van der Waals surface area contributed by atoms with Crippen molar-refractivity contribution in [2.75, 3.05) is 0 Å². The molecule has 0 aliphatic carbocycles. The molecule has 1 radical (unpaired) electrons. The first-order valence-electron chi connectivity index (χ1n) is 2.70. The van der Waals surface area contributed by atoms with Gasteiger partial charge in [-0.2, -0.15) is 0 Å². The van der Waals surface area contributed by atoms with Crippen molar-refractivity contribution in [2.45, 2.75) is 32.2 Å². The number of hydrogen-bond donors (Lipinski definition) is 1. The van der Waals surface area contributed by atoms with Crippen molar-refractivity contribution in [3.05, 3.63) is 0 Å². The normalized spacial score (nSPS) is 11.4. The van der Waals surface area contributed by atoms with Crippen LogP contribution in [-0.2, 0) is 4.79 Å². The Balaban J connectivity index is 3.24. The van der Waals surface area contributed by atoms with Gasteiger partial charge in [0.25, 0.3) is 0 Å². The Morgan fingerprint density at radius 3 is 2.25 bits per heavy atom. The molecule has 0 atom stereocenters.